The lowest BCUT2D eigenvalue weighted by atomic mass is 10.2. The summed E-state index contributed by atoms with van der Waals surface area (Å²) in [5, 5.41) is 1.00. The molecule has 27 heavy (non-hydrogen) atoms. The first kappa shape index (κ1) is 20.5. The molecule has 0 aliphatic carbocycles. The number of ether oxygens (including phenoxy) is 2. The van der Waals surface area contributed by atoms with Gasteiger partial charge in [0.25, 0.3) is 0 Å². The molecule has 0 fully saturated rings. The van der Waals surface area contributed by atoms with Crippen molar-refractivity contribution in [1.29, 1.82) is 0 Å². The van der Waals surface area contributed by atoms with Gasteiger partial charge in [-0.25, -0.2) is 4.98 Å². The zero-order chi connectivity index (χ0) is 18.5. The van der Waals surface area contributed by atoms with Crippen molar-refractivity contribution >= 4 is 35.1 Å². The van der Waals surface area contributed by atoms with E-state index in [-0.39, 0.29) is 24.2 Å². The fourth-order valence-corrected chi connectivity index (χ4v) is 2.74. The van der Waals surface area contributed by atoms with E-state index in [1.165, 1.54) is 0 Å². The number of nitrogens with two attached hydrogens (primary N) is 2. The molecule has 8 heteroatoms. The molecule has 4 N–H and O–H groups in total. The van der Waals surface area contributed by atoms with Gasteiger partial charge in [-0.3, -0.25) is 4.98 Å². The highest BCUT2D eigenvalue weighted by atomic mass is 35.5. The Balaban J connectivity index is 0.00000261. The van der Waals surface area contributed by atoms with Gasteiger partial charge in [0, 0.05) is 23.6 Å². The molecule has 0 aliphatic rings. The minimum absolute atomic E-state index is 0. The molecule has 0 spiro atoms. The van der Waals surface area contributed by atoms with Crippen molar-refractivity contribution in [2.45, 2.75) is 26.7 Å². The van der Waals surface area contributed by atoms with E-state index >= 15 is 0 Å². The molecular weight excluding hydrogens is 366 g/mol. The fourth-order valence-electron chi connectivity index (χ4n) is 2.74. The maximum absolute atomic E-state index is 5.94. The van der Waals surface area contributed by atoms with Crippen molar-refractivity contribution in [3.63, 3.8) is 0 Å². The van der Waals surface area contributed by atoms with Crippen molar-refractivity contribution in [3.05, 3.63) is 41.7 Å². The monoisotopic (exact) mass is 389 g/mol. The highest BCUT2D eigenvalue weighted by molar-refractivity contribution is 5.85. The Labute approximate surface area is 164 Å². The Morgan fingerprint density at radius 3 is 2.52 bits per heavy atom. The largest absolute Gasteiger partial charge is 0.493 e. The summed E-state index contributed by atoms with van der Waals surface area (Å²) < 4.78 is 11.7. The third-order valence-electron chi connectivity index (χ3n) is 3.91. The second-order valence-electron chi connectivity index (χ2n) is 5.93. The first-order chi connectivity index (χ1) is 12.6. The summed E-state index contributed by atoms with van der Waals surface area (Å²) in [4.78, 5) is 12.6. The van der Waals surface area contributed by atoms with Crippen LogP contribution in [-0.2, 0) is 6.42 Å². The lowest BCUT2D eigenvalue weighted by molar-refractivity contribution is 0.247. The summed E-state index contributed by atoms with van der Waals surface area (Å²) >= 11 is 0. The molecular formula is C19H24ClN5O2. The van der Waals surface area contributed by atoms with Gasteiger partial charge in [-0.2, -0.15) is 4.98 Å². The van der Waals surface area contributed by atoms with E-state index in [1.807, 2.05) is 44.2 Å². The van der Waals surface area contributed by atoms with Crippen molar-refractivity contribution in [2.75, 3.05) is 24.7 Å². The lowest BCUT2D eigenvalue weighted by Gasteiger charge is -2.13. The first-order valence-electron chi connectivity index (χ1n) is 8.62. The summed E-state index contributed by atoms with van der Waals surface area (Å²) in [6.45, 7) is 4.89. The number of hydrogen-bond acceptors (Lipinski definition) is 7. The molecule has 3 aromatic rings. The third-order valence-corrected chi connectivity index (χ3v) is 3.91. The zero-order valence-electron chi connectivity index (χ0n) is 15.4. The van der Waals surface area contributed by atoms with E-state index in [9.17, 15) is 0 Å². The van der Waals surface area contributed by atoms with Crippen LogP contribution >= 0.6 is 12.4 Å². The minimum Gasteiger partial charge on any atom is -0.493 e. The Kier molecular flexibility index (Phi) is 7.01. The molecule has 0 saturated carbocycles. The molecule has 0 amide bonds. The summed E-state index contributed by atoms with van der Waals surface area (Å²) in [6.07, 6.45) is 1.37. The molecule has 2 heterocycles. The van der Waals surface area contributed by atoms with Gasteiger partial charge in [0.2, 0.25) is 5.95 Å². The number of halogens is 1. The number of benzene rings is 1. The number of aromatic nitrogens is 3. The molecule has 1 aromatic carbocycles. The van der Waals surface area contributed by atoms with E-state index in [1.54, 1.807) is 0 Å². The number of anilines is 2. The molecule has 3 rings (SSSR count). The van der Waals surface area contributed by atoms with E-state index in [0.29, 0.717) is 37.5 Å². The van der Waals surface area contributed by atoms with E-state index in [0.717, 1.165) is 22.3 Å². The smallest absolute Gasteiger partial charge is 0.222 e. The van der Waals surface area contributed by atoms with Crippen LogP contribution in [-0.4, -0.2) is 28.2 Å². The SMILES string of the molecule is CCc1nc(N)nc(N)c1OCCCOc1cc(C)nc2ccccc12.Cl. The van der Waals surface area contributed by atoms with Crippen LogP contribution in [0.4, 0.5) is 11.8 Å². The molecule has 0 unspecified atom stereocenters. The topological polar surface area (TPSA) is 109 Å². The van der Waals surface area contributed by atoms with Crippen LogP contribution in [0.15, 0.2) is 30.3 Å². The quantitative estimate of drug-likeness (QED) is 0.596. The summed E-state index contributed by atoms with van der Waals surface area (Å²) in [6, 6.07) is 9.88. The van der Waals surface area contributed by atoms with Crippen LogP contribution < -0.4 is 20.9 Å². The molecule has 0 aliphatic heterocycles. The predicted molar refractivity (Wildman–Crippen MR) is 110 cm³/mol. The van der Waals surface area contributed by atoms with Gasteiger partial charge in [0.1, 0.15) is 5.75 Å². The van der Waals surface area contributed by atoms with Crippen molar-refractivity contribution in [3.8, 4) is 11.5 Å². The predicted octanol–water partition coefficient (Wildman–Crippen LogP) is 3.33. The van der Waals surface area contributed by atoms with Crippen molar-refractivity contribution < 1.29 is 9.47 Å². The average Bonchev–Trinajstić information content (AvgIpc) is 2.62. The van der Waals surface area contributed by atoms with Crippen LogP contribution in [0, 0.1) is 6.92 Å². The molecule has 2 aromatic heterocycles. The van der Waals surface area contributed by atoms with Gasteiger partial charge in [0.15, 0.2) is 11.6 Å². The Hall–Kier alpha value is -2.80. The zero-order valence-corrected chi connectivity index (χ0v) is 16.3. The van der Waals surface area contributed by atoms with Gasteiger partial charge in [0.05, 0.1) is 24.4 Å². The van der Waals surface area contributed by atoms with Crippen molar-refractivity contribution in [1.82, 2.24) is 15.0 Å². The highest BCUT2D eigenvalue weighted by Crippen LogP contribution is 2.26. The lowest BCUT2D eigenvalue weighted by Crippen LogP contribution is -2.11. The van der Waals surface area contributed by atoms with Gasteiger partial charge in [-0.05, 0) is 25.5 Å². The molecule has 0 radical (unpaired) electrons. The Morgan fingerprint density at radius 2 is 1.74 bits per heavy atom. The summed E-state index contributed by atoms with van der Waals surface area (Å²) in [5.74, 6) is 1.77. The van der Waals surface area contributed by atoms with Crippen LogP contribution in [0.1, 0.15) is 24.7 Å². The molecule has 7 nitrogen and oxygen atoms in total. The number of pyridine rings is 1. The number of hydrogen-bond donors (Lipinski definition) is 2. The summed E-state index contributed by atoms with van der Waals surface area (Å²) in [7, 11) is 0. The number of nitrogens with zero attached hydrogens (tertiary/aromatic N) is 3. The van der Waals surface area contributed by atoms with Gasteiger partial charge in [-0.15, -0.1) is 12.4 Å². The highest BCUT2D eigenvalue weighted by Gasteiger charge is 2.11. The number of fused-ring (bicyclic) bond motifs is 1. The normalized spacial score (nSPS) is 10.4. The van der Waals surface area contributed by atoms with Crippen LogP contribution in [0.5, 0.6) is 11.5 Å². The van der Waals surface area contributed by atoms with Gasteiger partial charge < -0.3 is 20.9 Å². The maximum atomic E-state index is 5.94. The molecule has 0 saturated heterocycles. The minimum atomic E-state index is 0. The average molecular weight is 390 g/mol. The maximum Gasteiger partial charge on any atom is 0.222 e. The summed E-state index contributed by atoms with van der Waals surface area (Å²) in [5.41, 5.74) is 14.1. The number of nitrogen functional groups attached to an aromatic ring is 2. The molecule has 0 atom stereocenters. The number of para-hydroxylation sites is 1. The molecule has 144 valence electrons. The van der Waals surface area contributed by atoms with Crippen LogP contribution in [0.2, 0.25) is 0 Å². The first-order valence-corrected chi connectivity index (χ1v) is 8.62. The van der Waals surface area contributed by atoms with Gasteiger partial charge >= 0.3 is 0 Å². The second-order valence-corrected chi connectivity index (χ2v) is 5.93. The van der Waals surface area contributed by atoms with Crippen LogP contribution in [0.25, 0.3) is 10.9 Å². The van der Waals surface area contributed by atoms with E-state index in [2.05, 4.69) is 15.0 Å². The van der Waals surface area contributed by atoms with E-state index in [4.69, 9.17) is 20.9 Å². The number of rotatable bonds is 7. The fraction of sp³-hybridized carbons (Fsp3) is 0.316. The van der Waals surface area contributed by atoms with E-state index < -0.39 is 0 Å². The standard InChI is InChI=1S/C19H23N5O2.ClH/c1-3-14-17(18(20)24-19(21)23-14)26-10-6-9-25-16-11-12(2)22-15-8-5-4-7-13(15)16;/h4-5,7-8,11H,3,6,9-10H2,1-2H3,(H4,20,21,23,24);1H. The Bertz CT molecular complexity index is 920. The third kappa shape index (κ3) is 4.89. The second kappa shape index (κ2) is 9.23. The molecule has 0 bridgehead atoms. The van der Waals surface area contributed by atoms with Crippen LogP contribution in [0.3, 0.4) is 0 Å². The van der Waals surface area contributed by atoms with Crippen molar-refractivity contribution in [2.24, 2.45) is 0 Å². The Morgan fingerprint density at radius 1 is 1.00 bits per heavy atom. The number of aryl methyl sites for hydroxylation is 2. The van der Waals surface area contributed by atoms with Gasteiger partial charge in [-0.1, -0.05) is 19.1 Å².